The third-order valence-corrected chi connectivity index (χ3v) is 3.63. The van der Waals surface area contributed by atoms with Gasteiger partial charge in [-0.15, -0.1) is 0 Å². The van der Waals surface area contributed by atoms with Crippen molar-refractivity contribution in [2.75, 3.05) is 11.9 Å². The minimum Gasteiger partial charge on any atom is -0.437 e. The van der Waals surface area contributed by atoms with Crippen LogP contribution in [0.3, 0.4) is 0 Å². The van der Waals surface area contributed by atoms with Crippen LogP contribution in [0.15, 0.2) is 18.2 Å². The molecular formula is C14H14Cl3N3O. The van der Waals surface area contributed by atoms with Gasteiger partial charge in [-0.1, -0.05) is 41.7 Å². The molecule has 0 aliphatic carbocycles. The summed E-state index contributed by atoms with van der Waals surface area (Å²) in [5.41, 5.74) is 0. The van der Waals surface area contributed by atoms with E-state index >= 15 is 0 Å². The highest BCUT2D eigenvalue weighted by molar-refractivity contribution is 6.43. The molecule has 0 bridgehead atoms. The first kappa shape index (κ1) is 16.1. The third-order valence-electron chi connectivity index (χ3n) is 2.61. The summed E-state index contributed by atoms with van der Waals surface area (Å²) in [6.07, 6.45) is 0.699. The second-order valence-electron chi connectivity index (χ2n) is 4.19. The van der Waals surface area contributed by atoms with Crippen LogP contribution in [-0.4, -0.2) is 16.5 Å². The van der Waals surface area contributed by atoms with Gasteiger partial charge in [-0.3, -0.25) is 0 Å². The Morgan fingerprint density at radius 2 is 1.71 bits per heavy atom. The molecule has 21 heavy (non-hydrogen) atoms. The maximum absolute atomic E-state index is 6.10. The molecule has 1 heterocycles. The Balaban J connectivity index is 2.34. The van der Waals surface area contributed by atoms with E-state index in [9.17, 15) is 0 Å². The molecule has 0 amide bonds. The molecule has 0 aliphatic rings. The quantitative estimate of drug-likeness (QED) is 0.754. The van der Waals surface area contributed by atoms with Gasteiger partial charge >= 0.3 is 0 Å². The van der Waals surface area contributed by atoms with Gasteiger partial charge in [0.2, 0.25) is 5.88 Å². The fraction of sp³-hybridized carbons (Fsp3) is 0.286. The Hall–Kier alpha value is -1.23. The van der Waals surface area contributed by atoms with Crippen molar-refractivity contribution >= 4 is 40.6 Å². The van der Waals surface area contributed by atoms with E-state index < -0.39 is 0 Å². The maximum atomic E-state index is 6.10. The van der Waals surface area contributed by atoms with Crippen LogP contribution in [0.25, 0.3) is 0 Å². The molecule has 0 radical (unpaired) electrons. The summed E-state index contributed by atoms with van der Waals surface area (Å²) in [7, 11) is 0. The molecule has 0 spiro atoms. The summed E-state index contributed by atoms with van der Waals surface area (Å²) >= 11 is 18.0. The molecule has 0 unspecified atom stereocenters. The monoisotopic (exact) mass is 345 g/mol. The summed E-state index contributed by atoms with van der Waals surface area (Å²) < 4.78 is 5.71. The molecule has 0 fully saturated rings. The standard InChI is InChI=1S/C14H14Cl3N3O/c1-3-12-19-13(18-4-2)7-14(20-12)21-11-6-9(16)8(15)5-10(11)17/h5-7H,3-4H2,1-2H3,(H,18,19,20). The number of aromatic nitrogens is 2. The van der Waals surface area contributed by atoms with Gasteiger partial charge in [-0.2, -0.15) is 4.98 Å². The summed E-state index contributed by atoms with van der Waals surface area (Å²) in [5, 5.41) is 4.24. The van der Waals surface area contributed by atoms with Crippen molar-refractivity contribution in [3.63, 3.8) is 0 Å². The Morgan fingerprint density at radius 3 is 2.38 bits per heavy atom. The number of hydrogen-bond acceptors (Lipinski definition) is 4. The maximum Gasteiger partial charge on any atom is 0.224 e. The van der Waals surface area contributed by atoms with Crippen LogP contribution in [0.4, 0.5) is 5.82 Å². The smallest absolute Gasteiger partial charge is 0.224 e. The van der Waals surface area contributed by atoms with E-state index in [0.717, 1.165) is 6.54 Å². The largest absolute Gasteiger partial charge is 0.437 e. The van der Waals surface area contributed by atoms with E-state index in [1.54, 1.807) is 12.1 Å². The van der Waals surface area contributed by atoms with Crippen LogP contribution in [0.1, 0.15) is 19.7 Å². The molecule has 1 N–H and O–H groups in total. The topological polar surface area (TPSA) is 47.0 Å². The van der Waals surface area contributed by atoms with E-state index in [-0.39, 0.29) is 0 Å². The molecule has 0 saturated heterocycles. The minimum absolute atomic E-state index is 0.367. The molecule has 0 aliphatic heterocycles. The number of rotatable bonds is 5. The van der Waals surface area contributed by atoms with Crippen molar-refractivity contribution in [2.45, 2.75) is 20.3 Å². The zero-order chi connectivity index (χ0) is 15.4. The van der Waals surface area contributed by atoms with Crippen molar-refractivity contribution in [3.05, 3.63) is 39.1 Å². The van der Waals surface area contributed by atoms with Gasteiger partial charge in [0.05, 0.1) is 15.1 Å². The van der Waals surface area contributed by atoms with E-state index in [1.165, 1.54) is 6.07 Å². The number of halogens is 3. The van der Waals surface area contributed by atoms with Gasteiger partial charge in [-0.05, 0) is 13.0 Å². The van der Waals surface area contributed by atoms with Crippen LogP contribution in [-0.2, 0) is 6.42 Å². The Bertz CT molecular complexity index is 650. The predicted octanol–water partition coefficient (Wildman–Crippen LogP) is 5.22. The molecule has 2 aromatic rings. The molecule has 2 rings (SSSR count). The highest BCUT2D eigenvalue weighted by atomic mass is 35.5. The second-order valence-corrected chi connectivity index (χ2v) is 5.41. The molecular weight excluding hydrogens is 333 g/mol. The molecule has 1 aromatic carbocycles. The lowest BCUT2D eigenvalue weighted by Crippen LogP contribution is -2.04. The van der Waals surface area contributed by atoms with Crippen LogP contribution in [0.2, 0.25) is 15.1 Å². The van der Waals surface area contributed by atoms with Gasteiger partial charge in [0.15, 0.2) is 0 Å². The van der Waals surface area contributed by atoms with Gasteiger partial charge < -0.3 is 10.1 Å². The number of hydrogen-bond donors (Lipinski definition) is 1. The first-order valence-electron chi connectivity index (χ1n) is 6.47. The molecule has 0 saturated carbocycles. The van der Waals surface area contributed by atoms with Crippen LogP contribution in [0, 0.1) is 0 Å². The third kappa shape index (κ3) is 4.13. The normalized spacial score (nSPS) is 10.5. The fourth-order valence-corrected chi connectivity index (χ4v) is 2.23. The van der Waals surface area contributed by atoms with Gasteiger partial charge in [0.1, 0.15) is 17.4 Å². The lowest BCUT2D eigenvalue weighted by Gasteiger charge is -2.11. The number of aryl methyl sites for hydroxylation is 1. The molecule has 7 heteroatoms. The number of benzene rings is 1. The van der Waals surface area contributed by atoms with Gasteiger partial charge in [0, 0.05) is 25.1 Å². The fourth-order valence-electron chi connectivity index (χ4n) is 1.65. The molecule has 1 aromatic heterocycles. The zero-order valence-corrected chi connectivity index (χ0v) is 13.9. The second kappa shape index (κ2) is 7.16. The van der Waals surface area contributed by atoms with E-state index in [4.69, 9.17) is 39.5 Å². The van der Waals surface area contributed by atoms with E-state index in [1.807, 2.05) is 13.8 Å². The van der Waals surface area contributed by atoms with E-state index in [2.05, 4.69) is 15.3 Å². The predicted molar refractivity (Wildman–Crippen MR) is 87.1 cm³/mol. The highest BCUT2D eigenvalue weighted by Gasteiger charge is 2.11. The van der Waals surface area contributed by atoms with Crippen molar-refractivity contribution in [1.82, 2.24) is 9.97 Å². The van der Waals surface area contributed by atoms with Crippen molar-refractivity contribution in [1.29, 1.82) is 0 Å². The molecule has 4 nitrogen and oxygen atoms in total. The van der Waals surface area contributed by atoms with Crippen LogP contribution >= 0.6 is 34.8 Å². The van der Waals surface area contributed by atoms with Gasteiger partial charge in [-0.25, -0.2) is 4.98 Å². The Morgan fingerprint density at radius 1 is 1.00 bits per heavy atom. The average Bonchev–Trinajstić information content (AvgIpc) is 2.45. The minimum atomic E-state index is 0.367. The van der Waals surface area contributed by atoms with Crippen molar-refractivity contribution in [2.24, 2.45) is 0 Å². The summed E-state index contributed by atoms with van der Waals surface area (Å²) in [6, 6.07) is 4.81. The number of nitrogens with zero attached hydrogens (tertiary/aromatic N) is 2. The molecule has 112 valence electrons. The number of anilines is 1. The van der Waals surface area contributed by atoms with Crippen molar-refractivity contribution in [3.8, 4) is 11.6 Å². The van der Waals surface area contributed by atoms with Crippen molar-refractivity contribution < 1.29 is 4.74 Å². The average molecular weight is 347 g/mol. The highest BCUT2D eigenvalue weighted by Crippen LogP contribution is 2.36. The van der Waals surface area contributed by atoms with Gasteiger partial charge in [0.25, 0.3) is 0 Å². The van der Waals surface area contributed by atoms with Crippen LogP contribution < -0.4 is 10.1 Å². The first-order chi connectivity index (χ1) is 10.0. The summed E-state index contributed by atoms with van der Waals surface area (Å²) in [5.74, 6) is 2.18. The first-order valence-corrected chi connectivity index (χ1v) is 7.61. The summed E-state index contributed by atoms with van der Waals surface area (Å²) in [4.78, 5) is 8.67. The Labute approximate surface area is 138 Å². The number of ether oxygens (including phenoxy) is 1. The zero-order valence-electron chi connectivity index (χ0n) is 11.6. The number of nitrogens with one attached hydrogen (secondary N) is 1. The lowest BCUT2D eigenvalue weighted by atomic mass is 10.3. The Kier molecular flexibility index (Phi) is 5.51. The van der Waals surface area contributed by atoms with E-state index in [0.29, 0.717) is 44.8 Å². The summed E-state index contributed by atoms with van der Waals surface area (Å²) in [6.45, 7) is 4.72. The SMILES string of the molecule is CCNc1cc(Oc2cc(Cl)c(Cl)cc2Cl)nc(CC)n1. The molecule has 0 atom stereocenters. The van der Waals surface area contributed by atoms with Crippen LogP contribution in [0.5, 0.6) is 11.6 Å². The lowest BCUT2D eigenvalue weighted by molar-refractivity contribution is 0.459.